The van der Waals surface area contributed by atoms with Crippen LogP contribution in [0.4, 0.5) is 0 Å². The van der Waals surface area contributed by atoms with Gasteiger partial charge in [0.1, 0.15) is 0 Å². The second-order valence-electron chi connectivity index (χ2n) is 3.35. The normalized spacial score (nSPS) is 12.7. The lowest BCUT2D eigenvalue weighted by molar-refractivity contribution is 0.643. The standard InChI is InChI=1S/C11H13N3S/c1-8-4-7-15-11(8)10(14-12)9-2-5-13-6-3-9/h2-7,10,14H,12H2,1H3. The van der Waals surface area contributed by atoms with Crippen LogP contribution in [-0.4, -0.2) is 4.98 Å². The van der Waals surface area contributed by atoms with Crippen LogP contribution in [0, 0.1) is 6.92 Å². The van der Waals surface area contributed by atoms with Crippen LogP contribution in [-0.2, 0) is 0 Å². The van der Waals surface area contributed by atoms with E-state index in [1.54, 1.807) is 23.7 Å². The molecule has 0 radical (unpaired) electrons. The fourth-order valence-electron chi connectivity index (χ4n) is 1.56. The molecular formula is C11H13N3S. The molecule has 4 heteroatoms. The highest BCUT2D eigenvalue weighted by Crippen LogP contribution is 2.28. The number of aryl methyl sites for hydroxylation is 1. The Bertz CT molecular complexity index is 424. The predicted octanol–water partition coefficient (Wildman–Crippen LogP) is 2.00. The predicted molar refractivity (Wildman–Crippen MR) is 62.5 cm³/mol. The fraction of sp³-hybridized carbons (Fsp3) is 0.182. The number of hydrogen-bond donors (Lipinski definition) is 2. The molecule has 0 aromatic carbocycles. The Labute approximate surface area is 92.9 Å². The Morgan fingerprint density at radius 2 is 2.07 bits per heavy atom. The lowest BCUT2D eigenvalue weighted by Gasteiger charge is -2.15. The quantitative estimate of drug-likeness (QED) is 0.613. The number of thiophene rings is 1. The molecule has 1 atom stereocenters. The Morgan fingerprint density at radius 1 is 1.33 bits per heavy atom. The SMILES string of the molecule is Cc1ccsc1C(NN)c1ccncc1. The van der Waals surface area contributed by atoms with Gasteiger partial charge in [-0.25, -0.2) is 5.43 Å². The molecule has 3 nitrogen and oxygen atoms in total. The van der Waals surface area contributed by atoms with Crippen molar-refractivity contribution < 1.29 is 0 Å². The molecule has 0 aliphatic carbocycles. The van der Waals surface area contributed by atoms with Gasteiger partial charge in [0.05, 0.1) is 6.04 Å². The number of hydrazine groups is 1. The first kappa shape index (κ1) is 10.3. The van der Waals surface area contributed by atoms with Crippen LogP contribution in [0.1, 0.15) is 22.0 Å². The van der Waals surface area contributed by atoms with Crippen LogP contribution in [0.25, 0.3) is 0 Å². The van der Waals surface area contributed by atoms with Crippen molar-refractivity contribution in [1.29, 1.82) is 0 Å². The Kier molecular flexibility index (Phi) is 3.11. The molecule has 2 rings (SSSR count). The van der Waals surface area contributed by atoms with Crippen molar-refractivity contribution in [3.8, 4) is 0 Å². The third kappa shape index (κ3) is 2.07. The van der Waals surface area contributed by atoms with Gasteiger partial charge >= 0.3 is 0 Å². The zero-order chi connectivity index (χ0) is 10.7. The Hall–Kier alpha value is -1.23. The van der Waals surface area contributed by atoms with Crippen molar-refractivity contribution in [3.63, 3.8) is 0 Å². The second-order valence-corrected chi connectivity index (χ2v) is 4.30. The highest BCUT2D eigenvalue weighted by Gasteiger charge is 2.15. The summed E-state index contributed by atoms with van der Waals surface area (Å²) in [5.74, 6) is 5.60. The summed E-state index contributed by atoms with van der Waals surface area (Å²) in [6.45, 7) is 2.09. The molecule has 15 heavy (non-hydrogen) atoms. The van der Waals surface area contributed by atoms with E-state index in [1.807, 2.05) is 12.1 Å². The van der Waals surface area contributed by atoms with Gasteiger partial charge in [0.25, 0.3) is 0 Å². The van der Waals surface area contributed by atoms with Gasteiger partial charge in [0.2, 0.25) is 0 Å². The number of rotatable bonds is 3. The summed E-state index contributed by atoms with van der Waals surface area (Å²) in [6.07, 6.45) is 3.56. The summed E-state index contributed by atoms with van der Waals surface area (Å²) in [5.41, 5.74) is 5.24. The van der Waals surface area contributed by atoms with E-state index >= 15 is 0 Å². The van der Waals surface area contributed by atoms with Crippen LogP contribution in [0.5, 0.6) is 0 Å². The maximum atomic E-state index is 5.60. The number of pyridine rings is 1. The molecule has 0 fully saturated rings. The molecular weight excluding hydrogens is 206 g/mol. The molecule has 2 aromatic rings. The molecule has 3 N–H and O–H groups in total. The molecule has 1 unspecified atom stereocenters. The summed E-state index contributed by atoms with van der Waals surface area (Å²) in [6, 6.07) is 6.12. The average Bonchev–Trinajstić information content (AvgIpc) is 2.68. The smallest absolute Gasteiger partial charge is 0.0806 e. The number of nitrogens with two attached hydrogens (primary N) is 1. The van der Waals surface area contributed by atoms with Gasteiger partial charge in [0, 0.05) is 17.3 Å². The summed E-state index contributed by atoms with van der Waals surface area (Å²) in [4.78, 5) is 5.25. The van der Waals surface area contributed by atoms with Crippen molar-refractivity contribution in [3.05, 3.63) is 52.0 Å². The fourth-order valence-corrected chi connectivity index (χ4v) is 2.57. The first-order valence-electron chi connectivity index (χ1n) is 4.73. The maximum Gasteiger partial charge on any atom is 0.0806 e. The second kappa shape index (κ2) is 4.53. The topological polar surface area (TPSA) is 50.9 Å². The zero-order valence-electron chi connectivity index (χ0n) is 8.47. The van der Waals surface area contributed by atoms with E-state index in [0.29, 0.717) is 0 Å². The largest absolute Gasteiger partial charge is 0.271 e. The van der Waals surface area contributed by atoms with Crippen LogP contribution in [0.15, 0.2) is 36.0 Å². The first-order valence-corrected chi connectivity index (χ1v) is 5.61. The van der Waals surface area contributed by atoms with E-state index in [-0.39, 0.29) is 6.04 Å². The molecule has 2 heterocycles. The van der Waals surface area contributed by atoms with Crippen LogP contribution in [0.3, 0.4) is 0 Å². The number of nitrogens with one attached hydrogen (secondary N) is 1. The highest BCUT2D eigenvalue weighted by molar-refractivity contribution is 7.10. The average molecular weight is 219 g/mol. The van der Waals surface area contributed by atoms with Crippen molar-refractivity contribution in [2.75, 3.05) is 0 Å². The van der Waals surface area contributed by atoms with E-state index in [1.165, 1.54) is 10.4 Å². The number of hydrogen-bond acceptors (Lipinski definition) is 4. The van der Waals surface area contributed by atoms with E-state index in [0.717, 1.165) is 5.56 Å². The van der Waals surface area contributed by atoms with E-state index in [9.17, 15) is 0 Å². The van der Waals surface area contributed by atoms with Crippen LogP contribution >= 0.6 is 11.3 Å². The third-order valence-corrected chi connectivity index (χ3v) is 3.45. The van der Waals surface area contributed by atoms with Gasteiger partial charge in [-0.05, 0) is 41.6 Å². The minimum atomic E-state index is 0.0630. The molecule has 0 aliphatic rings. The molecule has 2 aromatic heterocycles. The Balaban J connectivity index is 2.37. The van der Waals surface area contributed by atoms with Gasteiger partial charge in [-0.15, -0.1) is 11.3 Å². The van der Waals surface area contributed by atoms with E-state index in [2.05, 4.69) is 28.8 Å². The van der Waals surface area contributed by atoms with Crippen molar-refractivity contribution in [2.24, 2.45) is 5.84 Å². The molecule has 0 aliphatic heterocycles. The third-order valence-electron chi connectivity index (χ3n) is 2.37. The summed E-state index contributed by atoms with van der Waals surface area (Å²) < 4.78 is 0. The van der Waals surface area contributed by atoms with E-state index < -0.39 is 0 Å². The highest BCUT2D eigenvalue weighted by atomic mass is 32.1. The van der Waals surface area contributed by atoms with Gasteiger partial charge in [-0.2, -0.15) is 0 Å². The number of nitrogens with zero attached hydrogens (tertiary/aromatic N) is 1. The molecule has 0 saturated carbocycles. The lowest BCUT2D eigenvalue weighted by Crippen LogP contribution is -2.28. The summed E-state index contributed by atoms with van der Waals surface area (Å²) in [7, 11) is 0. The first-order chi connectivity index (χ1) is 7.33. The van der Waals surface area contributed by atoms with Gasteiger partial charge in [-0.3, -0.25) is 10.8 Å². The summed E-state index contributed by atoms with van der Waals surface area (Å²) in [5, 5.41) is 2.08. The lowest BCUT2D eigenvalue weighted by atomic mass is 10.1. The minimum Gasteiger partial charge on any atom is -0.271 e. The molecule has 0 spiro atoms. The minimum absolute atomic E-state index is 0.0630. The van der Waals surface area contributed by atoms with Gasteiger partial charge in [0.15, 0.2) is 0 Å². The van der Waals surface area contributed by atoms with Crippen LogP contribution in [0.2, 0.25) is 0 Å². The molecule has 0 amide bonds. The van der Waals surface area contributed by atoms with Crippen molar-refractivity contribution in [2.45, 2.75) is 13.0 Å². The van der Waals surface area contributed by atoms with E-state index in [4.69, 9.17) is 5.84 Å². The van der Waals surface area contributed by atoms with Crippen LogP contribution < -0.4 is 11.3 Å². The molecule has 0 saturated heterocycles. The van der Waals surface area contributed by atoms with Crippen molar-refractivity contribution >= 4 is 11.3 Å². The van der Waals surface area contributed by atoms with Gasteiger partial charge in [-0.1, -0.05) is 0 Å². The van der Waals surface area contributed by atoms with Crippen molar-refractivity contribution in [1.82, 2.24) is 10.4 Å². The number of aromatic nitrogens is 1. The molecule has 0 bridgehead atoms. The summed E-state index contributed by atoms with van der Waals surface area (Å²) >= 11 is 1.71. The maximum absolute atomic E-state index is 5.60. The Morgan fingerprint density at radius 3 is 2.60 bits per heavy atom. The van der Waals surface area contributed by atoms with Gasteiger partial charge < -0.3 is 0 Å². The molecule has 78 valence electrons. The zero-order valence-corrected chi connectivity index (χ0v) is 9.29. The monoisotopic (exact) mass is 219 g/mol.